The predicted molar refractivity (Wildman–Crippen MR) is 107 cm³/mol. The highest BCUT2D eigenvalue weighted by Crippen LogP contribution is 2.48. The van der Waals surface area contributed by atoms with E-state index in [0.717, 1.165) is 12.0 Å². The van der Waals surface area contributed by atoms with Gasteiger partial charge in [0.2, 0.25) is 5.91 Å². The topological polar surface area (TPSA) is 84.9 Å². The first-order valence-electron chi connectivity index (χ1n) is 10.1. The Kier molecular flexibility index (Phi) is 6.15. The molecule has 0 unspecified atom stereocenters. The molecule has 29 heavy (non-hydrogen) atoms. The summed E-state index contributed by atoms with van der Waals surface area (Å²) in [5.74, 6) is -0.680. The lowest BCUT2D eigenvalue weighted by molar-refractivity contribution is -0.142. The summed E-state index contributed by atoms with van der Waals surface area (Å²) < 4.78 is 10.3. The Morgan fingerprint density at radius 1 is 1.17 bits per heavy atom. The van der Waals surface area contributed by atoms with E-state index in [4.69, 9.17) is 9.47 Å². The molecule has 0 spiro atoms. The molecule has 1 aromatic carbocycles. The minimum Gasteiger partial charge on any atom is -0.469 e. The van der Waals surface area contributed by atoms with E-state index in [2.05, 4.69) is 5.32 Å². The summed E-state index contributed by atoms with van der Waals surface area (Å²) in [7, 11) is 1.38. The van der Waals surface area contributed by atoms with Crippen LogP contribution in [0, 0.1) is 11.8 Å². The number of carbonyl (C=O) groups excluding carboxylic acids is 3. The van der Waals surface area contributed by atoms with Crippen LogP contribution < -0.4 is 5.32 Å². The number of likely N-dealkylation sites (tertiary alicyclic amines) is 1. The number of ether oxygens (including phenoxy) is 2. The molecule has 1 aromatic rings. The van der Waals surface area contributed by atoms with E-state index < -0.39 is 17.7 Å². The van der Waals surface area contributed by atoms with Gasteiger partial charge in [-0.05, 0) is 51.5 Å². The van der Waals surface area contributed by atoms with Crippen LogP contribution in [-0.2, 0) is 19.1 Å². The van der Waals surface area contributed by atoms with Crippen molar-refractivity contribution >= 4 is 18.0 Å². The third-order valence-electron chi connectivity index (χ3n) is 5.41. The molecule has 1 aliphatic carbocycles. The van der Waals surface area contributed by atoms with Gasteiger partial charge >= 0.3 is 12.1 Å². The van der Waals surface area contributed by atoms with Gasteiger partial charge in [0.25, 0.3) is 0 Å². The molecule has 0 radical (unpaired) electrons. The second-order valence-electron chi connectivity index (χ2n) is 8.76. The van der Waals surface area contributed by atoms with E-state index in [1.165, 1.54) is 12.0 Å². The SMILES string of the molecule is COC(=O)[C@H]1C[C@H]1[C@H](NC(=O)[C@@H]1CCCN1C(=O)OC(C)(C)C)c1ccccc1. The molecule has 1 aliphatic heterocycles. The number of nitrogens with zero attached hydrogens (tertiary/aromatic N) is 1. The highest BCUT2D eigenvalue weighted by molar-refractivity contribution is 5.87. The maximum atomic E-state index is 13.1. The molecule has 1 heterocycles. The molecule has 0 aromatic heterocycles. The summed E-state index contributed by atoms with van der Waals surface area (Å²) in [5.41, 5.74) is 0.328. The summed E-state index contributed by atoms with van der Waals surface area (Å²) in [6, 6.07) is 8.75. The van der Waals surface area contributed by atoms with Crippen LogP contribution in [0.4, 0.5) is 4.79 Å². The molecule has 1 saturated carbocycles. The minimum absolute atomic E-state index is 0.00909. The van der Waals surface area contributed by atoms with Gasteiger partial charge in [0.1, 0.15) is 11.6 Å². The largest absolute Gasteiger partial charge is 0.469 e. The number of amides is 2. The van der Waals surface area contributed by atoms with Crippen molar-refractivity contribution in [2.75, 3.05) is 13.7 Å². The second kappa shape index (κ2) is 8.43. The number of carbonyl (C=O) groups is 3. The van der Waals surface area contributed by atoms with E-state index >= 15 is 0 Å². The summed E-state index contributed by atoms with van der Waals surface area (Å²) >= 11 is 0. The van der Waals surface area contributed by atoms with E-state index in [9.17, 15) is 14.4 Å². The zero-order valence-electron chi connectivity index (χ0n) is 17.5. The van der Waals surface area contributed by atoms with Crippen LogP contribution in [0.15, 0.2) is 30.3 Å². The molecular weight excluding hydrogens is 372 g/mol. The van der Waals surface area contributed by atoms with Gasteiger partial charge < -0.3 is 14.8 Å². The van der Waals surface area contributed by atoms with Crippen LogP contribution in [0.2, 0.25) is 0 Å². The smallest absolute Gasteiger partial charge is 0.410 e. The molecule has 158 valence electrons. The van der Waals surface area contributed by atoms with Crippen molar-refractivity contribution < 1.29 is 23.9 Å². The number of benzene rings is 1. The Bertz CT molecular complexity index is 758. The van der Waals surface area contributed by atoms with Crippen molar-refractivity contribution in [3.8, 4) is 0 Å². The Balaban J connectivity index is 1.73. The normalized spacial score (nSPS) is 24.6. The quantitative estimate of drug-likeness (QED) is 0.765. The lowest BCUT2D eigenvalue weighted by atomic mass is 10.00. The Morgan fingerprint density at radius 2 is 1.86 bits per heavy atom. The molecular formula is C22H30N2O5. The van der Waals surface area contributed by atoms with Crippen molar-refractivity contribution in [3.63, 3.8) is 0 Å². The van der Waals surface area contributed by atoms with Crippen LogP contribution in [0.5, 0.6) is 0 Å². The Hall–Kier alpha value is -2.57. The zero-order chi connectivity index (χ0) is 21.2. The molecule has 7 nitrogen and oxygen atoms in total. The Morgan fingerprint density at radius 3 is 2.48 bits per heavy atom. The van der Waals surface area contributed by atoms with Gasteiger partial charge in [-0.25, -0.2) is 4.79 Å². The average molecular weight is 402 g/mol. The highest BCUT2D eigenvalue weighted by Gasteiger charge is 2.50. The number of rotatable bonds is 5. The molecule has 2 fully saturated rings. The predicted octanol–water partition coefficient (Wildman–Crippen LogP) is 3.05. The second-order valence-corrected chi connectivity index (χ2v) is 8.76. The first-order valence-corrected chi connectivity index (χ1v) is 10.1. The Labute approximate surface area is 171 Å². The average Bonchev–Trinajstić information content (AvgIpc) is 3.30. The van der Waals surface area contributed by atoms with Crippen molar-refractivity contribution in [2.45, 2.75) is 57.7 Å². The van der Waals surface area contributed by atoms with Gasteiger partial charge in [0.05, 0.1) is 19.1 Å². The van der Waals surface area contributed by atoms with Crippen LogP contribution in [0.25, 0.3) is 0 Å². The molecule has 4 atom stereocenters. The summed E-state index contributed by atoms with van der Waals surface area (Å²) in [5, 5.41) is 3.10. The number of esters is 1. The van der Waals surface area contributed by atoms with Gasteiger partial charge in [-0.3, -0.25) is 14.5 Å². The van der Waals surface area contributed by atoms with E-state index in [1.807, 2.05) is 51.1 Å². The van der Waals surface area contributed by atoms with Crippen molar-refractivity contribution in [2.24, 2.45) is 11.8 Å². The zero-order valence-corrected chi connectivity index (χ0v) is 17.5. The van der Waals surface area contributed by atoms with Crippen molar-refractivity contribution in [1.29, 1.82) is 0 Å². The third kappa shape index (κ3) is 5.08. The van der Waals surface area contributed by atoms with Crippen molar-refractivity contribution in [3.05, 3.63) is 35.9 Å². The first-order chi connectivity index (χ1) is 13.7. The number of methoxy groups -OCH3 is 1. The van der Waals surface area contributed by atoms with Gasteiger partial charge in [-0.15, -0.1) is 0 Å². The molecule has 1 saturated heterocycles. The van der Waals surface area contributed by atoms with E-state index in [1.54, 1.807) is 0 Å². The fourth-order valence-electron chi connectivity index (χ4n) is 3.93. The van der Waals surface area contributed by atoms with E-state index in [-0.39, 0.29) is 29.8 Å². The summed E-state index contributed by atoms with van der Waals surface area (Å²) in [4.78, 5) is 39.1. The number of hydrogen-bond donors (Lipinski definition) is 1. The molecule has 3 rings (SSSR count). The first kappa shape index (κ1) is 21.1. The number of hydrogen-bond acceptors (Lipinski definition) is 5. The highest BCUT2D eigenvalue weighted by atomic mass is 16.6. The lowest BCUT2D eigenvalue weighted by Crippen LogP contribution is -2.48. The number of nitrogens with one attached hydrogen (secondary N) is 1. The van der Waals surface area contributed by atoms with Crippen LogP contribution in [-0.4, -0.2) is 48.2 Å². The summed E-state index contributed by atoms with van der Waals surface area (Å²) in [6.45, 7) is 5.92. The van der Waals surface area contributed by atoms with Gasteiger partial charge in [-0.2, -0.15) is 0 Å². The monoisotopic (exact) mass is 402 g/mol. The van der Waals surface area contributed by atoms with Gasteiger partial charge in [0.15, 0.2) is 0 Å². The van der Waals surface area contributed by atoms with Crippen molar-refractivity contribution in [1.82, 2.24) is 10.2 Å². The standard InChI is InChI=1S/C22H30N2O5/c1-22(2,3)29-21(27)24-12-8-11-17(24)19(25)23-18(14-9-6-5-7-10-14)15-13-16(15)20(26)28-4/h5-7,9-10,15-18H,8,11-13H2,1-4H3,(H,23,25)/t15-,16+,17+,18-/m1/s1. The van der Waals surface area contributed by atoms with E-state index in [0.29, 0.717) is 19.4 Å². The minimum atomic E-state index is -0.616. The molecule has 7 heteroatoms. The lowest BCUT2D eigenvalue weighted by Gasteiger charge is -2.29. The fraction of sp³-hybridized carbons (Fsp3) is 0.591. The fourth-order valence-corrected chi connectivity index (χ4v) is 3.93. The molecule has 2 aliphatic rings. The molecule has 0 bridgehead atoms. The van der Waals surface area contributed by atoms with Gasteiger partial charge in [-0.1, -0.05) is 30.3 Å². The molecule has 2 amide bonds. The van der Waals surface area contributed by atoms with Crippen LogP contribution in [0.3, 0.4) is 0 Å². The van der Waals surface area contributed by atoms with Crippen LogP contribution >= 0.6 is 0 Å². The maximum absolute atomic E-state index is 13.1. The molecule has 1 N–H and O–H groups in total. The third-order valence-corrected chi connectivity index (χ3v) is 5.41. The maximum Gasteiger partial charge on any atom is 0.410 e. The summed E-state index contributed by atoms with van der Waals surface area (Å²) in [6.07, 6.45) is 1.55. The van der Waals surface area contributed by atoms with Gasteiger partial charge in [0, 0.05) is 6.54 Å². The van der Waals surface area contributed by atoms with Crippen LogP contribution in [0.1, 0.15) is 51.6 Å².